The van der Waals surface area contributed by atoms with E-state index in [1.165, 1.54) is 0 Å². The van der Waals surface area contributed by atoms with Crippen LogP contribution in [0.5, 0.6) is 0 Å². The molecule has 0 heterocycles. The lowest BCUT2D eigenvalue weighted by molar-refractivity contribution is -0.122. The molecule has 0 rings (SSSR count). The predicted octanol–water partition coefficient (Wildman–Crippen LogP) is -0.817. The smallest absolute Gasteiger partial charge is 0.251 e. The largest absolute Gasteiger partial charge is 0.350 e. The fourth-order valence-electron chi connectivity index (χ4n) is 0.479. The van der Waals surface area contributed by atoms with Gasteiger partial charge in [0.05, 0.1) is 0 Å². The zero-order chi connectivity index (χ0) is 8.85. The average Bonchev–Trinajstić information content (AvgIpc) is 1.98. The highest BCUT2D eigenvalue weighted by Crippen LogP contribution is 1.81. The van der Waals surface area contributed by atoms with E-state index in [9.17, 15) is 4.79 Å². The van der Waals surface area contributed by atoms with Gasteiger partial charge in [-0.25, -0.2) is 0 Å². The van der Waals surface area contributed by atoms with Crippen molar-refractivity contribution in [3.63, 3.8) is 0 Å². The zero-order valence-corrected chi connectivity index (χ0v) is 6.98. The highest BCUT2D eigenvalue weighted by Gasteiger charge is 2.08. The second-order valence-corrected chi connectivity index (χ2v) is 2.44. The Balaban J connectivity index is 3.60. The van der Waals surface area contributed by atoms with E-state index in [-0.39, 0.29) is 5.91 Å². The summed E-state index contributed by atoms with van der Waals surface area (Å²) < 4.78 is 0. The van der Waals surface area contributed by atoms with Gasteiger partial charge in [0, 0.05) is 6.54 Å². The molecule has 4 heteroatoms. The maximum absolute atomic E-state index is 10.9. The fourth-order valence-corrected chi connectivity index (χ4v) is 0.479. The number of nitrogens with two attached hydrogens (primary N) is 1. The first-order valence-corrected chi connectivity index (χ1v) is 3.43. The van der Waals surface area contributed by atoms with Gasteiger partial charge >= 0.3 is 0 Å². The molecule has 4 N–H and O–H groups in total. The zero-order valence-electron chi connectivity index (χ0n) is 6.98. The molecule has 0 aromatic rings. The normalized spacial score (nSPS) is 12.3. The first-order valence-electron chi connectivity index (χ1n) is 3.43. The maximum atomic E-state index is 10.9. The monoisotopic (exact) mass is 157 g/mol. The number of amides is 1. The molecule has 0 saturated heterocycles. The van der Waals surface area contributed by atoms with E-state index in [2.05, 4.69) is 17.2 Å². The lowest BCUT2D eigenvalue weighted by Crippen LogP contribution is -2.48. The number of rotatable bonds is 4. The molecule has 0 aliphatic heterocycles. The van der Waals surface area contributed by atoms with Gasteiger partial charge in [-0.05, 0) is 14.0 Å². The topological polar surface area (TPSA) is 67.2 Å². The Hall–Kier alpha value is -0.870. The van der Waals surface area contributed by atoms with Gasteiger partial charge in [-0.15, -0.1) is 0 Å². The van der Waals surface area contributed by atoms with Crippen molar-refractivity contribution in [3.05, 3.63) is 12.2 Å². The summed E-state index contributed by atoms with van der Waals surface area (Å²) in [4.78, 5) is 10.9. The number of carbonyl (C=O) groups is 1. The molecule has 0 spiro atoms. The van der Waals surface area contributed by atoms with Crippen LogP contribution >= 0.6 is 0 Å². The molecule has 1 amide bonds. The molecule has 11 heavy (non-hydrogen) atoms. The lowest BCUT2D eigenvalue weighted by atomic mass is 10.3. The molecule has 0 radical (unpaired) electrons. The molecular formula is C7H15N3O. The van der Waals surface area contributed by atoms with E-state index in [0.717, 1.165) is 5.57 Å². The van der Waals surface area contributed by atoms with Gasteiger partial charge in [-0.2, -0.15) is 0 Å². The summed E-state index contributed by atoms with van der Waals surface area (Å²) in [7, 11) is 1.63. The quantitative estimate of drug-likeness (QED) is 0.369. The Morgan fingerprint density at radius 1 is 1.73 bits per heavy atom. The van der Waals surface area contributed by atoms with E-state index in [0.29, 0.717) is 6.54 Å². The average molecular weight is 157 g/mol. The van der Waals surface area contributed by atoms with Crippen molar-refractivity contribution in [2.75, 3.05) is 13.6 Å². The molecule has 0 aliphatic carbocycles. The van der Waals surface area contributed by atoms with Crippen LogP contribution in [0.1, 0.15) is 6.92 Å². The van der Waals surface area contributed by atoms with Crippen LogP contribution in [0.4, 0.5) is 0 Å². The molecule has 0 aromatic heterocycles. The highest BCUT2D eigenvalue weighted by molar-refractivity contribution is 5.81. The Kier molecular flexibility index (Phi) is 4.49. The Labute approximate surface area is 66.8 Å². The number of likely N-dealkylation sites (N-methyl/N-ethyl adjacent to an activating group) is 1. The van der Waals surface area contributed by atoms with Gasteiger partial charge in [-0.3, -0.25) is 10.1 Å². The first-order chi connectivity index (χ1) is 5.07. The fraction of sp³-hybridized carbons (Fsp3) is 0.571. The highest BCUT2D eigenvalue weighted by atomic mass is 16.2. The predicted molar refractivity (Wildman–Crippen MR) is 44.9 cm³/mol. The molecule has 0 bridgehead atoms. The van der Waals surface area contributed by atoms with E-state index in [1.54, 1.807) is 7.05 Å². The van der Waals surface area contributed by atoms with Crippen LogP contribution < -0.4 is 16.4 Å². The summed E-state index contributed by atoms with van der Waals surface area (Å²) in [5.74, 6) is -0.212. The minimum atomic E-state index is -0.630. The lowest BCUT2D eigenvalue weighted by Gasteiger charge is -2.10. The third kappa shape index (κ3) is 4.52. The van der Waals surface area contributed by atoms with Crippen molar-refractivity contribution in [2.24, 2.45) is 5.73 Å². The van der Waals surface area contributed by atoms with Gasteiger partial charge < -0.3 is 11.1 Å². The Morgan fingerprint density at radius 3 is 2.64 bits per heavy atom. The SMILES string of the molecule is C=C(C)CNC(=O)C(N)NC. The van der Waals surface area contributed by atoms with Gasteiger partial charge in [0.15, 0.2) is 0 Å². The number of hydrogen-bond donors (Lipinski definition) is 3. The minimum absolute atomic E-state index is 0.212. The third-order valence-corrected chi connectivity index (χ3v) is 1.16. The second-order valence-electron chi connectivity index (χ2n) is 2.44. The molecule has 1 atom stereocenters. The number of carbonyl (C=O) groups excluding carboxylic acids is 1. The Bertz CT molecular complexity index is 156. The molecule has 64 valence electrons. The third-order valence-electron chi connectivity index (χ3n) is 1.16. The summed E-state index contributed by atoms with van der Waals surface area (Å²) in [5.41, 5.74) is 6.25. The van der Waals surface area contributed by atoms with Gasteiger partial charge in [0.25, 0.3) is 5.91 Å². The summed E-state index contributed by atoms with van der Waals surface area (Å²) >= 11 is 0. The van der Waals surface area contributed by atoms with E-state index >= 15 is 0 Å². The van der Waals surface area contributed by atoms with Crippen LogP contribution in [0.25, 0.3) is 0 Å². The molecular weight excluding hydrogens is 142 g/mol. The van der Waals surface area contributed by atoms with Crippen molar-refractivity contribution >= 4 is 5.91 Å². The van der Waals surface area contributed by atoms with Crippen LogP contribution in [0.15, 0.2) is 12.2 Å². The van der Waals surface area contributed by atoms with Crippen LogP contribution in [0, 0.1) is 0 Å². The minimum Gasteiger partial charge on any atom is -0.350 e. The molecule has 0 aliphatic rings. The molecule has 1 unspecified atom stereocenters. The summed E-state index contributed by atoms with van der Waals surface area (Å²) in [5, 5.41) is 5.23. The second kappa shape index (κ2) is 4.87. The first kappa shape index (κ1) is 10.1. The summed E-state index contributed by atoms with van der Waals surface area (Å²) in [6, 6.07) is 0. The van der Waals surface area contributed by atoms with Crippen LogP contribution in [0.2, 0.25) is 0 Å². The molecule has 0 aromatic carbocycles. The van der Waals surface area contributed by atoms with Crippen molar-refractivity contribution in [3.8, 4) is 0 Å². The van der Waals surface area contributed by atoms with Crippen LogP contribution in [-0.4, -0.2) is 25.7 Å². The molecule has 0 fully saturated rings. The van der Waals surface area contributed by atoms with Crippen LogP contribution in [-0.2, 0) is 4.79 Å². The maximum Gasteiger partial charge on any atom is 0.251 e. The van der Waals surface area contributed by atoms with Crippen molar-refractivity contribution in [2.45, 2.75) is 13.1 Å². The van der Waals surface area contributed by atoms with Crippen LogP contribution in [0.3, 0.4) is 0 Å². The van der Waals surface area contributed by atoms with Crippen molar-refractivity contribution < 1.29 is 4.79 Å². The van der Waals surface area contributed by atoms with E-state index < -0.39 is 6.17 Å². The molecule has 4 nitrogen and oxygen atoms in total. The van der Waals surface area contributed by atoms with Gasteiger partial charge in [0.1, 0.15) is 6.17 Å². The van der Waals surface area contributed by atoms with Crippen molar-refractivity contribution in [1.82, 2.24) is 10.6 Å². The summed E-state index contributed by atoms with van der Waals surface area (Å²) in [6.45, 7) is 5.96. The van der Waals surface area contributed by atoms with Gasteiger partial charge in [-0.1, -0.05) is 12.2 Å². The van der Waals surface area contributed by atoms with E-state index in [4.69, 9.17) is 5.73 Å². The van der Waals surface area contributed by atoms with E-state index in [1.807, 2.05) is 6.92 Å². The standard InChI is InChI=1S/C7H15N3O/c1-5(2)4-10-7(11)6(8)9-3/h6,9H,1,4,8H2,2-3H3,(H,10,11). The number of hydrogen-bond acceptors (Lipinski definition) is 3. The van der Waals surface area contributed by atoms with Gasteiger partial charge in [0.2, 0.25) is 0 Å². The molecule has 0 saturated carbocycles. The number of nitrogens with one attached hydrogen (secondary N) is 2. The summed E-state index contributed by atoms with van der Waals surface area (Å²) in [6.07, 6.45) is -0.630. The Morgan fingerprint density at radius 2 is 2.27 bits per heavy atom. The van der Waals surface area contributed by atoms with Crippen molar-refractivity contribution in [1.29, 1.82) is 0 Å².